The number of anilines is 1. The molecule has 0 fully saturated rings. The molecule has 0 aliphatic carbocycles. The van der Waals surface area contributed by atoms with E-state index in [4.69, 9.17) is 5.26 Å². The van der Waals surface area contributed by atoms with E-state index in [0.29, 0.717) is 0 Å². The summed E-state index contributed by atoms with van der Waals surface area (Å²) in [6, 6.07) is 11.4. The second-order valence-corrected chi connectivity index (χ2v) is 7.60. The number of carbonyl (C=O) groups excluding carboxylic acids is 1. The van der Waals surface area contributed by atoms with E-state index in [1.807, 2.05) is 6.07 Å². The van der Waals surface area contributed by atoms with Crippen molar-refractivity contribution in [2.24, 2.45) is 0 Å². The number of benzene rings is 2. The van der Waals surface area contributed by atoms with E-state index in [9.17, 15) is 26.4 Å². The molecule has 1 N–H and O–H groups in total. The van der Waals surface area contributed by atoms with Crippen LogP contribution in [0.2, 0.25) is 0 Å². The van der Waals surface area contributed by atoms with Crippen molar-refractivity contribution in [2.45, 2.75) is 18.0 Å². The molecule has 0 unspecified atom stereocenters. The van der Waals surface area contributed by atoms with Gasteiger partial charge in [-0.3, -0.25) is 4.79 Å². The maximum atomic E-state index is 13.0. The van der Waals surface area contributed by atoms with Crippen LogP contribution >= 0.6 is 0 Å². The SMILES string of the molecule is CCN(CC(=O)Nc1ccccc1C(F)(F)F)S(=O)(=O)c1ccc(C#N)cc1. The van der Waals surface area contributed by atoms with Gasteiger partial charge in [-0.05, 0) is 36.4 Å². The molecule has 0 radical (unpaired) electrons. The van der Waals surface area contributed by atoms with Crippen LogP contribution in [0.1, 0.15) is 18.1 Å². The number of hydrogen-bond acceptors (Lipinski definition) is 4. The van der Waals surface area contributed by atoms with Gasteiger partial charge in [0.15, 0.2) is 0 Å². The first-order chi connectivity index (χ1) is 13.1. The standard InChI is InChI=1S/C18H16F3N3O3S/c1-2-24(28(26,27)14-9-7-13(11-22)8-10-14)12-17(25)23-16-6-4-3-5-15(16)18(19,20)21/h3-10H,2,12H2,1H3,(H,23,25). The van der Waals surface area contributed by atoms with Gasteiger partial charge < -0.3 is 5.32 Å². The van der Waals surface area contributed by atoms with Crippen molar-refractivity contribution in [3.05, 3.63) is 59.7 Å². The summed E-state index contributed by atoms with van der Waals surface area (Å²) in [5, 5.41) is 10.9. The number of nitrogens with zero attached hydrogens (tertiary/aromatic N) is 2. The third-order valence-corrected chi connectivity index (χ3v) is 5.74. The predicted molar refractivity (Wildman–Crippen MR) is 95.7 cm³/mol. The van der Waals surface area contributed by atoms with Crippen molar-refractivity contribution >= 4 is 21.6 Å². The van der Waals surface area contributed by atoms with E-state index in [1.165, 1.54) is 43.3 Å². The normalized spacial score (nSPS) is 11.9. The van der Waals surface area contributed by atoms with Crippen molar-refractivity contribution in [3.8, 4) is 6.07 Å². The van der Waals surface area contributed by atoms with Crippen LogP contribution in [0.4, 0.5) is 18.9 Å². The van der Waals surface area contributed by atoms with Crippen LogP contribution < -0.4 is 5.32 Å². The van der Waals surface area contributed by atoms with E-state index in [0.717, 1.165) is 16.4 Å². The molecule has 1 amide bonds. The van der Waals surface area contributed by atoms with E-state index in [1.54, 1.807) is 0 Å². The smallest absolute Gasteiger partial charge is 0.324 e. The second-order valence-electron chi connectivity index (χ2n) is 5.66. The Morgan fingerprint density at radius 2 is 1.75 bits per heavy atom. The number of para-hydroxylation sites is 1. The Hall–Kier alpha value is -2.90. The minimum atomic E-state index is -4.66. The Morgan fingerprint density at radius 1 is 1.14 bits per heavy atom. The Labute approximate surface area is 160 Å². The molecule has 0 spiro atoms. The van der Waals surface area contributed by atoms with Gasteiger partial charge in [-0.25, -0.2) is 8.42 Å². The molecular weight excluding hydrogens is 395 g/mol. The van der Waals surface area contributed by atoms with Crippen LogP contribution in [0.3, 0.4) is 0 Å². The largest absolute Gasteiger partial charge is 0.418 e. The zero-order valence-corrected chi connectivity index (χ0v) is 15.5. The average molecular weight is 411 g/mol. The number of halogens is 3. The molecule has 0 aromatic heterocycles. The highest BCUT2D eigenvalue weighted by molar-refractivity contribution is 7.89. The number of alkyl halides is 3. The fourth-order valence-corrected chi connectivity index (χ4v) is 3.81. The van der Waals surface area contributed by atoms with E-state index in [-0.39, 0.29) is 17.0 Å². The lowest BCUT2D eigenvalue weighted by Crippen LogP contribution is -2.38. The van der Waals surface area contributed by atoms with E-state index >= 15 is 0 Å². The summed E-state index contributed by atoms with van der Waals surface area (Å²) in [5.41, 5.74) is -1.21. The van der Waals surface area contributed by atoms with Gasteiger partial charge in [-0.2, -0.15) is 22.7 Å². The zero-order chi connectivity index (χ0) is 20.9. The highest BCUT2D eigenvalue weighted by Gasteiger charge is 2.34. The molecule has 10 heteroatoms. The second kappa shape index (κ2) is 8.41. The van der Waals surface area contributed by atoms with Gasteiger partial charge in [0, 0.05) is 6.54 Å². The summed E-state index contributed by atoms with van der Waals surface area (Å²) in [6.07, 6.45) is -4.66. The summed E-state index contributed by atoms with van der Waals surface area (Å²) in [6.45, 7) is 0.764. The van der Waals surface area contributed by atoms with Gasteiger partial charge in [-0.1, -0.05) is 19.1 Å². The number of carbonyl (C=O) groups is 1. The monoisotopic (exact) mass is 411 g/mol. The summed E-state index contributed by atoms with van der Waals surface area (Å²) in [5.74, 6) is -0.907. The van der Waals surface area contributed by atoms with E-state index < -0.39 is 39.9 Å². The number of nitrogens with one attached hydrogen (secondary N) is 1. The maximum absolute atomic E-state index is 13.0. The number of rotatable bonds is 6. The number of sulfonamides is 1. The fourth-order valence-electron chi connectivity index (χ4n) is 2.41. The van der Waals surface area contributed by atoms with Crippen molar-refractivity contribution in [1.82, 2.24) is 4.31 Å². The van der Waals surface area contributed by atoms with Crippen molar-refractivity contribution in [1.29, 1.82) is 5.26 Å². The van der Waals surface area contributed by atoms with Crippen LogP contribution in [-0.2, 0) is 21.0 Å². The van der Waals surface area contributed by atoms with Crippen LogP contribution in [0.15, 0.2) is 53.4 Å². The van der Waals surface area contributed by atoms with Gasteiger partial charge in [0.2, 0.25) is 15.9 Å². The Morgan fingerprint density at radius 3 is 2.29 bits per heavy atom. The predicted octanol–water partition coefficient (Wildman–Crippen LogP) is 3.23. The Bertz CT molecular complexity index is 997. The lowest BCUT2D eigenvalue weighted by atomic mass is 10.1. The number of nitriles is 1. The quantitative estimate of drug-likeness (QED) is 0.790. The summed E-state index contributed by atoms with van der Waals surface area (Å²) in [7, 11) is -4.06. The molecular formula is C18H16F3N3O3S. The minimum absolute atomic E-state index is 0.0727. The van der Waals surface area contributed by atoms with Crippen LogP contribution in [0.5, 0.6) is 0 Å². The molecule has 2 aromatic rings. The zero-order valence-electron chi connectivity index (χ0n) is 14.7. The number of amides is 1. The summed E-state index contributed by atoms with van der Waals surface area (Å²) in [4.78, 5) is 12.1. The molecule has 0 aliphatic rings. The molecule has 0 saturated carbocycles. The fraction of sp³-hybridized carbons (Fsp3) is 0.222. The third kappa shape index (κ3) is 4.88. The topological polar surface area (TPSA) is 90.3 Å². The van der Waals surface area contributed by atoms with Crippen LogP contribution in [-0.4, -0.2) is 31.7 Å². The highest BCUT2D eigenvalue weighted by Crippen LogP contribution is 2.34. The minimum Gasteiger partial charge on any atom is -0.324 e. The van der Waals surface area contributed by atoms with Crippen molar-refractivity contribution < 1.29 is 26.4 Å². The van der Waals surface area contributed by atoms with Gasteiger partial charge in [0.1, 0.15) is 0 Å². The van der Waals surface area contributed by atoms with E-state index in [2.05, 4.69) is 5.32 Å². The van der Waals surface area contributed by atoms with Crippen LogP contribution in [0, 0.1) is 11.3 Å². The third-order valence-electron chi connectivity index (χ3n) is 3.80. The first-order valence-corrected chi connectivity index (χ1v) is 9.50. The maximum Gasteiger partial charge on any atom is 0.418 e. The van der Waals surface area contributed by atoms with Gasteiger partial charge in [0.05, 0.1) is 34.3 Å². The molecule has 0 aliphatic heterocycles. The number of likely N-dealkylation sites (N-methyl/N-ethyl adjacent to an activating group) is 1. The lowest BCUT2D eigenvalue weighted by Gasteiger charge is -2.21. The van der Waals surface area contributed by atoms with Gasteiger partial charge >= 0.3 is 6.18 Å². The molecule has 6 nitrogen and oxygen atoms in total. The molecule has 2 rings (SSSR count). The lowest BCUT2D eigenvalue weighted by molar-refractivity contribution is -0.137. The Balaban J connectivity index is 2.21. The average Bonchev–Trinajstić information content (AvgIpc) is 2.65. The van der Waals surface area contributed by atoms with Crippen molar-refractivity contribution in [2.75, 3.05) is 18.4 Å². The Kier molecular flexibility index (Phi) is 6.43. The summed E-state index contributed by atoms with van der Waals surface area (Å²) < 4.78 is 65.2. The number of hydrogen-bond donors (Lipinski definition) is 1. The molecule has 0 bridgehead atoms. The van der Waals surface area contributed by atoms with Crippen LogP contribution in [0.25, 0.3) is 0 Å². The molecule has 0 heterocycles. The molecule has 2 aromatic carbocycles. The molecule has 28 heavy (non-hydrogen) atoms. The summed E-state index contributed by atoms with van der Waals surface area (Å²) >= 11 is 0. The van der Waals surface area contributed by atoms with Gasteiger partial charge in [0.25, 0.3) is 0 Å². The van der Waals surface area contributed by atoms with Crippen molar-refractivity contribution in [3.63, 3.8) is 0 Å². The first-order valence-electron chi connectivity index (χ1n) is 8.06. The highest BCUT2D eigenvalue weighted by atomic mass is 32.2. The first kappa shape index (κ1) is 21.4. The molecule has 148 valence electrons. The molecule has 0 atom stereocenters. The molecule has 0 saturated heterocycles. The van der Waals surface area contributed by atoms with Gasteiger partial charge in [-0.15, -0.1) is 0 Å².